The largest absolute Gasteiger partial charge is 0.394 e. The van der Waals surface area contributed by atoms with Crippen molar-refractivity contribution in [1.29, 1.82) is 0 Å². The van der Waals surface area contributed by atoms with Gasteiger partial charge in [-0.1, -0.05) is 15.9 Å². The second-order valence-electron chi connectivity index (χ2n) is 7.04. The Morgan fingerprint density at radius 2 is 2.12 bits per heavy atom. The van der Waals surface area contributed by atoms with Crippen molar-refractivity contribution in [3.63, 3.8) is 0 Å². The normalized spacial score (nSPS) is 29.0. The molecule has 0 bridgehead atoms. The standard InChI is InChI=1S/C18H24BrN3O3/c19-12-1-2-15-14(9-12)18-13(16(11-23)20-15)3-4-22(18)17(24)10-21-5-7-25-8-6-21/h1-2,9,13,16,18,20,23H,3-8,10-11H2/t13-,16-,18-/m1/s1. The molecule has 0 aromatic heterocycles. The lowest BCUT2D eigenvalue weighted by molar-refractivity contribution is -0.134. The number of benzene rings is 1. The summed E-state index contributed by atoms with van der Waals surface area (Å²) in [5.41, 5.74) is 2.17. The summed E-state index contributed by atoms with van der Waals surface area (Å²) >= 11 is 3.55. The van der Waals surface area contributed by atoms with E-state index < -0.39 is 0 Å². The van der Waals surface area contributed by atoms with E-state index in [1.165, 1.54) is 0 Å². The number of morpholine rings is 1. The second-order valence-corrected chi connectivity index (χ2v) is 7.95. The number of halogens is 1. The highest BCUT2D eigenvalue weighted by Crippen LogP contribution is 2.47. The van der Waals surface area contributed by atoms with Gasteiger partial charge in [0.15, 0.2) is 0 Å². The minimum Gasteiger partial charge on any atom is -0.394 e. The summed E-state index contributed by atoms with van der Waals surface area (Å²) in [7, 11) is 0. The van der Waals surface area contributed by atoms with E-state index in [4.69, 9.17) is 4.74 Å². The Bertz CT molecular complexity index is 650. The molecular formula is C18H24BrN3O3. The summed E-state index contributed by atoms with van der Waals surface area (Å²) in [6, 6.07) is 6.17. The lowest BCUT2D eigenvalue weighted by atomic mass is 9.83. The number of likely N-dealkylation sites (tertiary alicyclic amines) is 1. The number of nitrogens with zero attached hydrogens (tertiary/aromatic N) is 2. The smallest absolute Gasteiger partial charge is 0.237 e. The van der Waals surface area contributed by atoms with Crippen LogP contribution in [0.2, 0.25) is 0 Å². The van der Waals surface area contributed by atoms with Crippen LogP contribution in [0.5, 0.6) is 0 Å². The van der Waals surface area contributed by atoms with Crippen molar-refractivity contribution in [1.82, 2.24) is 9.80 Å². The molecule has 0 radical (unpaired) electrons. The maximum atomic E-state index is 13.0. The van der Waals surface area contributed by atoms with Gasteiger partial charge in [-0.05, 0) is 30.2 Å². The first-order chi connectivity index (χ1) is 12.2. The van der Waals surface area contributed by atoms with Crippen LogP contribution in [0, 0.1) is 5.92 Å². The summed E-state index contributed by atoms with van der Waals surface area (Å²) in [5.74, 6) is 0.430. The van der Waals surface area contributed by atoms with E-state index in [1.54, 1.807) is 0 Å². The highest BCUT2D eigenvalue weighted by Gasteiger charge is 2.45. The molecule has 25 heavy (non-hydrogen) atoms. The van der Waals surface area contributed by atoms with Gasteiger partial charge in [0.05, 0.1) is 38.4 Å². The van der Waals surface area contributed by atoms with Crippen molar-refractivity contribution in [3.8, 4) is 0 Å². The zero-order valence-corrected chi connectivity index (χ0v) is 15.7. The maximum Gasteiger partial charge on any atom is 0.237 e. The van der Waals surface area contributed by atoms with Gasteiger partial charge in [0.1, 0.15) is 0 Å². The van der Waals surface area contributed by atoms with Gasteiger partial charge in [-0.2, -0.15) is 0 Å². The van der Waals surface area contributed by atoms with Crippen LogP contribution in [0.3, 0.4) is 0 Å². The van der Waals surface area contributed by atoms with Crippen LogP contribution in [0.15, 0.2) is 22.7 Å². The van der Waals surface area contributed by atoms with Gasteiger partial charge in [0.2, 0.25) is 5.91 Å². The lowest BCUT2D eigenvalue weighted by Gasteiger charge is -2.39. The number of aliphatic hydroxyl groups is 1. The SMILES string of the molecule is O=C(CN1CCOCC1)N1CC[C@@H]2[C@@H](CO)Nc3ccc(Br)cc3[C@@H]21. The van der Waals surface area contributed by atoms with E-state index in [0.29, 0.717) is 19.8 Å². The fourth-order valence-electron chi connectivity index (χ4n) is 4.35. The first kappa shape index (κ1) is 17.3. The average molecular weight is 410 g/mol. The van der Waals surface area contributed by atoms with Gasteiger partial charge in [0, 0.05) is 35.7 Å². The maximum absolute atomic E-state index is 13.0. The Labute approximate surface area is 156 Å². The molecule has 3 aliphatic heterocycles. The van der Waals surface area contributed by atoms with Gasteiger partial charge in [-0.3, -0.25) is 9.69 Å². The number of carbonyl (C=O) groups is 1. The molecule has 3 aliphatic rings. The molecule has 7 heteroatoms. The molecule has 1 aromatic rings. The predicted molar refractivity (Wildman–Crippen MR) is 98.5 cm³/mol. The Kier molecular flexibility index (Phi) is 4.99. The van der Waals surface area contributed by atoms with Crippen molar-refractivity contribution in [3.05, 3.63) is 28.2 Å². The first-order valence-corrected chi connectivity index (χ1v) is 9.73. The number of aliphatic hydroxyl groups excluding tert-OH is 1. The molecule has 0 unspecified atom stereocenters. The molecule has 3 atom stereocenters. The molecular weight excluding hydrogens is 386 g/mol. The van der Waals surface area contributed by atoms with E-state index in [0.717, 1.165) is 41.8 Å². The van der Waals surface area contributed by atoms with Gasteiger partial charge in [-0.15, -0.1) is 0 Å². The molecule has 1 amide bonds. The van der Waals surface area contributed by atoms with E-state index >= 15 is 0 Å². The van der Waals surface area contributed by atoms with Crippen LogP contribution >= 0.6 is 15.9 Å². The van der Waals surface area contributed by atoms with Gasteiger partial charge >= 0.3 is 0 Å². The van der Waals surface area contributed by atoms with Gasteiger partial charge < -0.3 is 20.1 Å². The van der Waals surface area contributed by atoms with Crippen molar-refractivity contribution < 1.29 is 14.6 Å². The van der Waals surface area contributed by atoms with E-state index in [-0.39, 0.29) is 30.5 Å². The van der Waals surface area contributed by atoms with Crippen LogP contribution in [0.1, 0.15) is 18.0 Å². The van der Waals surface area contributed by atoms with Gasteiger partial charge in [-0.25, -0.2) is 0 Å². The number of amides is 1. The summed E-state index contributed by atoms with van der Waals surface area (Å²) in [4.78, 5) is 17.2. The monoisotopic (exact) mass is 409 g/mol. The fraction of sp³-hybridized carbons (Fsp3) is 0.611. The van der Waals surface area contributed by atoms with Crippen LogP contribution in [0.4, 0.5) is 5.69 Å². The Morgan fingerprint density at radius 1 is 1.32 bits per heavy atom. The Hall–Kier alpha value is -1.15. The quantitative estimate of drug-likeness (QED) is 0.790. The number of fused-ring (bicyclic) bond motifs is 3. The van der Waals surface area contributed by atoms with Crippen LogP contribution in [-0.4, -0.2) is 72.9 Å². The lowest BCUT2D eigenvalue weighted by Crippen LogP contribution is -2.47. The number of carbonyl (C=O) groups excluding carboxylic acids is 1. The van der Waals surface area contributed by atoms with E-state index in [9.17, 15) is 9.90 Å². The average Bonchev–Trinajstić information content (AvgIpc) is 3.07. The third-order valence-electron chi connectivity index (χ3n) is 5.61. The predicted octanol–water partition coefficient (Wildman–Crippen LogP) is 1.46. The zero-order valence-electron chi connectivity index (χ0n) is 14.2. The third kappa shape index (κ3) is 3.30. The van der Waals surface area contributed by atoms with Crippen LogP contribution < -0.4 is 5.32 Å². The number of hydrogen-bond donors (Lipinski definition) is 2. The molecule has 4 rings (SSSR count). The fourth-order valence-corrected chi connectivity index (χ4v) is 4.73. The minimum atomic E-state index is -0.000128. The molecule has 2 saturated heterocycles. The Morgan fingerprint density at radius 3 is 2.88 bits per heavy atom. The second kappa shape index (κ2) is 7.23. The number of hydrogen-bond acceptors (Lipinski definition) is 5. The van der Waals surface area contributed by atoms with Crippen molar-refractivity contribution in [2.45, 2.75) is 18.5 Å². The van der Waals surface area contributed by atoms with E-state index in [2.05, 4.69) is 32.2 Å². The van der Waals surface area contributed by atoms with E-state index in [1.807, 2.05) is 17.0 Å². The molecule has 1 aromatic carbocycles. The molecule has 136 valence electrons. The molecule has 0 spiro atoms. The van der Waals surface area contributed by atoms with Crippen LogP contribution in [-0.2, 0) is 9.53 Å². The zero-order chi connectivity index (χ0) is 17.4. The van der Waals surface area contributed by atoms with Crippen LogP contribution in [0.25, 0.3) is 0 Å². The van der Waals surface area contributed by atoms with Crippen molar-refractivity contribution in [2.75, 3.05) is 51.3 Å². The molecule has 0 saturated carbocycles. The summed E-state index contributed by atoms with van der Waals surface area (Å²) < 4.78 is 6.39. The minimum absolute atomic E-state index is 0.000128. The number of anilines is 1. The molecule has 2 fully saturated rings. The van der Waals surface area contributed by atoms with Crippen molar-refractivity contribution in [2.24, 2.45) is 5.92 Å². The Balaban J connectivity index is 1.59. The number of nitrogens with one attached hydrogen (secondary N) is 1. The highest BCUT2D eigenvalue weighted by molar-refractivity contribution is 9.10. The van der Waals surface area contributed by atoms with Crippen molar-refractivity contribution >= 4 is 27.5 Å². The molecule has 6 nitrogen and oxygen atoms in total. The summed E-state index contributed by atoms with van der Waals surface area (Å²) in [5, 5.41) is 13.3. The molecule has 0 aliphatic carbocycles. The molecule has 2 N–H and O–H groups in total. The summed E-state index contributed by atoms with van der Waals surface area (Å²) in [6.45, 7) is 4.32. The van der Waals surface area contributed by atoms with Gasteiger partial charge in [0.25, 0.3) is 0 Å². The summed E-state index contributed by atoms with van der Waals surface area (Å²) in [6.07, 6.45) is 0.920. The first-order valence-electron chi connectivity index (χ1n) is 8.94. The number of ether oxygens (including phenoxy) is 1. The topological polar surface area (TPSA) is 65.0 Å². The number of rotatable bonds is 3. The highest BCUT2D eigenvalue weighted by atomic mass is 79.9. The molecule has 3 heterocycles. The third-order valence-corrected chi connectivity index (χ3v) is 6.11.